The molecule has 78 valence electrons. The van der Waals surface area contributed by atoms with Crippen LogP contribution in [0.3, 0.4) is 0 Å². The van der Waals surface area contributed by atoms with Gasteiger partial charge in [0.15, 0.2) is 0 Å². The van der Waals surface area contributed by atoms with Gasteiger partial charge in [-0.1, -0.05) is 0 Å². The van der Waals surface area contributed by atoms with Crippen molar-refractivity contribution in [1.29, 1.82) is 0 Å². The molecule has 1 aliphatic rings. The van der Waals surface area contributed by atoms with Gasteiger partial charge in [-0.15, -0.1) is 11.3 Å². The molecule has 0 amide bonds. The zero-order valence-electron chi connectivity index (χ0n) is 8.92. The molecular weight excluding hydrogens is 192 g/mol. The fourth-order valence-electron chi connectivity index (χ4n) is 2.01. The molecule has 0 saturated heterocycles. The van der Waals surface area contributed by atoms with E-state index in [1.807, 2.05) is 18.4 Å². The predicted octanol–water partition coefficient (Wildman–Crippen LogP) is 2.18. The van der Waals surface area contributed by atoms with Gasteiger partial charge in [-0.25, -0.2) is 0 Å². The third kappa shape index (κ3) is 2.10. The molecule has 0 unspecified atom stereocenters. The third-order valence-corrected chi connectivity index (χ3v) is 3.95. The Morgan fingerprint density at radius 1 is 1.57 bits per heavy atom. The van der Waals surface area contributed by atoms with E-state index in [9.17, 15) is 0 Å². The summed E-state index contributed by atoms with van der Waals surface area (Å²) >= 11 is 1.82. The summed E-state index contributed by atoms with van der Waals surface area (Å²) in [6, 6.07) is 4.31. The van der Waals surface area contributed by atoms with Gasteiger partial charge >= 0.3 is 0 Å². The fourth-order valence-corrected chi connectivity index (χ4v) is 2.71. The second kappa shape index (κ2) is 3.91. The lowest BCUT2D eigenvalue weighted by molar-refractivity contribution is 0.483. The lowest BCUT2D eigenvalue weighted by Crippen LogP contribution is -2.32. The van der Waals surface area contributed by atoms with Crippen molar-refractivity contribution in [3.05, 3.63) is 17.5 Å². The first-order valence-electron chi connectivity index (χ1n) is 5.15. The first-order chi connectivity index (χ1) is 6.76. The van der Waals surface area contributed by atoms with Crippen LogP contribution in [0.5, 0.6) is 0 Å². The van der Waals surface area contributed by atoms with Gasteiger partial charge < -0.3 is 10.2 Å². The Morgan fingerprint density at radius 2 is 2.36 bits per heavy atom. The normalized spacial score (nSPS) is 18.1. The van der Waals surface area contributed by atoms with E-state index in [1.54, 1.807) is 0 Å². The van der Waals surface area contributed by atoms with E-state index >= 15 is 0 Å². The first-order valence-corrected chi connectivity index (χ1v) is 6.03. The van der Waals surface area contributed by atoms with Crippen LogP contribution in [-0.4, -0.2) is 27.2 Å². The van der Waals surface area contributed by atoms with Crippen molar-refractivity contribution in [2.45, 2.75) is 12.8 Å². The van der Waals surface area contributed by atoms with E-state index in [0.29, 0.717) is 5.41 Å². The van der Waals surface area contributed by atoms with Crippen LogP contribution in [0.2, 0.25) is 0 Å². The van der Waals surface area contributed by atoms with Crippen LogP contribution in [0, 0.1) is 5.41 Å². The highest BCUT2D eigenvalue weighted by molar-refractivity contribution is 7.14. The summed E-state index contributed by atoms with van der Waals surface area (Å²) in [7, 11) is 4.24. The Hall–Kier alpha value is -0.540. The third-order valence-electron chi connectivity index (χ3n) is 2.96. The number of hydrogen-bond acceptors (Lipinski definition) is 3. The maximum atomic E-state index is 3.30. The van der Waals surface area contributed by atoms with E-state index in [4.69, 9.17) is 0 Å². The average Bonchev–Trinajstić information content (AvgIpc) is 2.70. The lowest BCUT2D eigenvalue weighted by atomic mass is 10.1. The molecular formula is C11H18N2S. The Labute approximate surface area is 89.9 Å². The van der Waals surface area contributed by atoms with Gasteiger partial charge in [0, 0.05) is 25.6 Å². The fraction of sp³-hybridized carbons (Fsp3) is 0.636. The van der Waals surface area contributed by atoms with Crippen LogP contribution < -0.4 is 10.2 Å². The SMILES string of the molecule is CNCC1(CN(C)c2cccs2)CC1. The van der Waals surface area contributed by atoms with Gasteiger partial charge in [0.05, 0.1) is 5.00 Å². The Morgan fingerprint density at radius 3 is 2.86 bits per heavy atom. The Kier molecular flexibility index (Phi) is 2.79. The molecule has 0 aliphatic heterocycles. The number of rotatable bonds is 5. The van der Waals surface area contributed by atoms with E-state index < -0.39 is 0 Å². The number of nitrogens with zero attached hydrogens (tertiary/aromatic N) is 1. The van der Waals surface area contributed by atoms with Gasteiger partial charge in [0.1, 0.15) is 0 Å². The van der Waals surface area contributed by atoms with Crippen molar-refractivity contribution in [3.8, 4) is 0 Å². The average molecular weight is 210 g/mol. The van der Waals surface area contributed by atoms with Crippen molar-refractivity contribution in [3.63, 3.8) is 0 Å². The molecule has 0 radical (unpaired) electrons. The summed E-state index contributed by atoms with van der Waals surface area (Å²) in [4.78, 5) is 2.38. The van der Waals surface area contributed by atoms with E-state index in [1.165, 1.54) is 24.4 Å². The van der Waals surface area contributed by atoms with Crippen molar-refractivity contribution >= 4 is 16.3 Å². The highest BCUT2D eigenvalue weighted by Gasteiger charge is 2.42. The molecule has 0 spiro atoms. The molecule has 2 rings (SSSR count). The van der Waals surface area contributed by atoms with Crippen molar-refractivity contribution in [2.24, 2.45) is 5.41 Å². The molecule has 0 bridgehead atoms. The van der Waals surface area contributed by atoms with Gasteiger partial charge in [-0.2, -0.15) is 0 Å². The second-order valence-corrected chi connectivity index (χ2v) is 5.26. The second-order valence-electron chi connectivity index (χ2n) is 4.34. The summed E-state index contributed by atoms with van der Waals surface area (Å²) in [6.07, 6.45) is 2.76. The van der Waals surface area contributed by atoms with Gasteiger partial charge in [0.25, 0.3) is 0 Å². The molecule has 1 N–H and O–H groups in total. The highest BCUT2D eigenvalue weighted by atomic mass is 32.1. The van der Waals surface area contributed by atoms with Gasteiger partial charge in [-0.3, -0.25) is 0 Å². The van der Waals surface area contributed by atoms with Crippen LogP contribution in [-0.2, 0) is 0 Å². The Balaban J connectivity index is 1.91. The zero-order chi connectivity index (χ0) is 10.0. The van der Waals surface area contributed by atoms with Crippen LogP contribution in [0.4, 0.5) is 5.00 Å². The molecule has 2 nitrogen and oxygen atoms in total. The van der Waals surface area contributed by atoms with Crippen LogP contribution in [0.15, 0.2) is 17.5 Å². The minimum Gasteiger partial charge on any atom is -0.366 e. The molecule has 3 heteroatoms. The summed E-state index contributed by atoms with van der Waals surface area (Å²) < 4.78 is 0. The highest BCUT2D eigenvalue weighted by Crippen LogP contribution is 2.46. The lowest BCUT2D eigenvalue weighted by Gasteiger charge is -2.24. The molecule has 1 fully saturated rings. The van der Waals surface area contributed by atoms with Crippen LogP contribution >= 0.6 is 11.3 Å². The summed E-state index contributed by atoms with van der Waals surface area (Å²) in [6.45, 7) is 2.34. The summed E-state index contributed by atoms with van der Waals surface area (Å²) in [5.41, 5.74) is 0.563. The zero-order valence-corrected chi connectivity index (χ0v) is 9.73. The van der Waals surface area contributed by atoms with E-state index in [0.717, 1.165) is 6.54 Å². The molecule has 1 aromatic heterocycles. The molecule has 1 aliphatic carbocycles. The quantitative estimate of drug-likeness (QED) is 0.801. The van der Waals surface area contributed by atoms with Gasteiger partial charge in [0.2, 0.25) is 0 Å². The van der Waals surface area contributed by atoms with Crippen molar-refractivity contribution in [2.75, 3.05) is 32.1 Å². The minimum atomic E-state index is 0.563. The maximum absolute atomic E-state index is 3.30. The molecule has 0 aromatic carbocycles. The number of anilines is 1. The minimum absolute atomic E-state index is 0.563. The number of nitrogens with one attached hydrogen (secondary N) is 1. The first kappa shape index (κ1) is 9.99. The summed E-state index contributed by atoms with van der Waals surface area (Å²) in [5.74, 6) is 0. The number of thiophene rings is 1. The summed E-state index contributed by atoms with van der Waals surface area (Å²) in [5, 5.41) is 6.82. The van der Waals surface area contributed by atoms with Crippen molar-refractivity contribution < 1.29 is 0 Å². The molecule has 1 saturated carbocycles. The Bertz CT molecular complexity index is 277. The number of hydrogen-bond donors (Lipinski definition) is 1. The van der Waals surface area contributed by atoms with E-state index in [-0.39, 0.29) is 0 Å². The molecule has 14 heavy (non-hydrogen) atoms. The van der Waals surface area contributed by atoms with Crippen LogP contribution in [0.25, 0.3) is 0 Å². The largest absolute Gasteiger partial charge is 0.366 e. The molecule has 0 atom stereocenters. The predicted molar refractivity (Wildman–Crippen MR) is 63.2 cm³/mol. The standard InChI is InChI=1S/C11H18N2S/c1-12-8-11(5-6-11)9-13(2)10-4-3-7-14-10/h3-4,7,12H,5-6,8-9H2,1-2H3. The van der Waals surface area contributed by atoms with E-state index in [2.05, 4.69) is 34.8 Å². The monoisotopic (exact) mass is 210 g/mol. The van der Waals surface area contributed by atoms with Gasteiger partial charge in [-0.05, 0) is 37.4 Å². The smallest absolute Gasteiger partial charge is 0.0906 e. The maximum Gasteiger partial charge on any atom is 0.0906 e. The molecule has 1 heterocycles. The van der Waals surface area contributed by atoms with Crippen molar-refractivity contribution in [1.82, 2.24) is 5.32 Å². The topological polar surface area (TPSA) is 15.3 Å². The molecule has 1 aromatic rings. The van der Waals surface area contributed by atoms with Crippen LogP contribution in [0.1, 0.15) is 12.8 Å².